The molecule has 2 rings (SSSR count). The van der Waals surface area contributed by atoms with Gasteiger partial charge in [-0.2, -0.15) is 4.31 Å². The van der Waals surface area contributed by atoms with Gasteiger partial charge >= 0.3 is 0 Å². The van der Waals surface area contributed by atoms with Gasteiger partial charge < -0.3 is 5.73 Å². The number of nitrogen functional groups attached to an aromatic ring is 1. The molecule has 1 aliphatic rings. The topological polar surface area (TPSA) is 92.4 Å². The van der Waals surface area contributed by atoms with Crippen molar-refractivity contribution in [3.63, 3.8) is 0 Å². The third-order valence-corrected chi connectivity index (χ3v) is 5.56. The molecule has 1 aromatic heterocycles. The Balaban J connectivity index is 2.14. The maximum Gasteiger partial charge on any atom is 0.246 e. The Morgan fingerprint density at radius 2 is 1.95 bits per heavy atom. The van der Waals surface area contributed by atoms with Crippen LogP contribution in [0.4, 0.5) is 5.95 Å². The first kappa shape index (κ1) is 15.1. The largest absolute Gasteiger partial charge is 0.368 e. The first-order chi connectivity index (χ1) is 9.48. The summed E-state index contributed by atoms with van der Waals surface area (Å²) in [6.07, 6.45) is 3.39. The lowest BCUT2D eigenvalue weighted by molar-refractivity contribution is 0.224. The van der Waals surface area contributed by atoms with Crippen LogP contribution in [0.1, 0.15) is 20.3 Å². The van der Waals surface area contributed by atoms with Gasteiger partial charge in [0, 0.05) is 19.1 Å². The zero-order chi connectivity index (χ0) is 14.8. The van der Waals surface area contributed by atoms with Crippen LogP contribution in [0.3, 0.4) is 0 Å². The standard InChI is InChI=1S/C12H21N5O2S/c1-3-16(4-2)10-5-6-17(9-10)20(18,19)11-7-14-12(13)15-8-11/h7-8,10H,3-6,9H2,1-2H3,(H2,13,14,15). The van der Waals surface area contributed by atoms with Gasteiger partial charge in [-0.25, -0.2) is 18.4 Å². The summed E-state index contributed by atoms with van der Waals surface area (Å²) in [5, 5.41) is 0. The Kier molecular flexibility index (Phi) is 4.56. The molecule has 0 aromatic carbocycles. The zero-order valence-electron chi connectivity index (χ0n) is 11.9. The molecular formula is C12H21N5O2S. The highest BCUT2D eigenvalue weighted by Crippen LogP contribution is 2.22. The van der Waals surface area contributed by atoms with Crippen LogP contribution in [0.2, 0.25) is 0 Å². The van der Waals surface area contributed by atoms with Crippen molar-refractivity contribution in [2.24, 2.45) is 0 Å². The average molecular weight is 299 g/mol. The lowest BCUT2D eigenvalue weighted by Crippen LogP contribution is -2.38. The first-order valence-electron chi connectivity index (χ1n) is 6.80. The number of aromatic nitrogens is 2. The van der Waals surface area contributed by atoms with E-state index in [9.17, 15) is 8.42 Å². The number of nitrogens with zero attached hydrogens (tertiary/aromatic N) is 4. The minimum absolute atomic E-state index is 0.0754. The fourth-order valence-corrected chi connectivity index (χ4v) is 3.96. The van der Waals surface area contributed by atoms with Gasteiger partial charge in [-0.15, -0.1) is 0 Å². The molecule has 2 N–H and O–H groups in total. The molecule has 1 fully saturated rings. The van der Waals surface area contributed by atoms with Crippen molar-refractivity contribution in [1.29, 1.82) is 0 Å². The third-order valence-electron chi connectivity index (χ3n) is 3.74. The molecular weight excluding hydrogens is 278 g/mol. The monoisotopic (exact) mass is 299 g/mol. The van der Waals surface area contributed by atoms with Crippen LogP contribution in [0.15, 0.2) is 17.3 Å². The van der Waals surface area contributed by atoms with Crippen molar-refractivity contribution in [2.75, 3.05) is 31.9 Å². The Hall–Kier alpha value is -1.25. The van der Waals surface area contributed by atoms with Crippen molar-refractivity contribution < 1.29 is 8.42 Å². The molecule has 1 aromatic rings. The second kappa shape index (κ2) is 6.02. The summed E-state index contributed by atoms with van der Waals surface area (Å²) >= 11 is 0. The normalized spacial score (nSPS) is 20.6. The molecule has 0 spiro atoms. The smallest absolute Gasteiger partial charge is 0.246 e. The Morgan fingerprint density at radius 3 is 2.50 bits per heavy atom. The van der Waals surface area contributed by atoms with E-state index in [-0.39, 0.29) is 16.9 Å². The minimum atomic E-state index is -3.51. The fourth-order valence-electron chi connectivity index (χ4n) is 2.58. The number of rotatable bonds is 5. The summed E-state index contributed by atoms with van der Waals surface area (Å²) in [5.74, 6) is 0.0754. The van der Waals surface area contributed by atoms with Crippen molar-refractivity contribution in [3.8, 4) is 0 Å². The molecule has 0 bridgehead atoms. The number of hydrogen-bond acceptors (Lipinski definition) is 6. The van der Waals surface area contributed by atoms with Crippen molar-refractivity contribution in [1.82, 2.24) is 19.2 Å². The number of anilines is 1. The Labute approximate surface area is 119 Å². The molecule has 7 nitrogen and oxygen atoms in total. The van der Waals surface area contributed by atoms with Crippen molar-refractivity contribution in [2.45, 2.75) is 31.2 Å². The summed E-state index contributed by atoms with van der Waals surface area (Å²) < 4.78 is 26.5. The molecule has 8 heteroatoms. The fraction of sp³-hybridized carbons (Fsp3) is 0.667. The molecule has 1 aliphatic heterocycles. The predicted molar refractivity (Wildman–Crippen MR) is 76.5 cm³/mol. The summed E-state index contributed by atoms with van der Waals surface area (Å²) in [7, 11) is -3.51. The van der Waals surface area contributed by atoms with E-state index in [4.69, 9.17) is 5.73 Å². The average Bonchev–Trinajstić information content (AvgIpc) is 2.91. The minimum Gasteiger partial charge on any atom is -0.368 e. The van der Waals surface area contributed by atoms with E-state index in [1.54, 1.807) is 0 Å². The highest BCUT2D eigenvalue weighted by atomic mass is 32.2. The maximum absolute atomic E-state index is 12.5. The number of sulfonamides is 1. The Morgan fingerprint density at radius 1 is 1.35 bits per heavy atom. The quantitative estimate of drug-likeness (QED) is 0.833. The molecule has 0 radical (unpaired) electrons. The van der Waals surface area contributed by atoms with Crippen LogP contribution in [-0.2, 0) is 10.0 Å². The second-order valence-electron chi connectivity index (χ2n) is 4.80. The lowest BCUT2D eigenvalue weighted by Gasteiger charge is -2.26. The van der Waals surface area contributed by atoms with E-state index in [2.05, 4.69) is 28.7 Å². The third kappa shape index (κ3) is 2.92. The van der Waals surface area contributed by atoms with Gasteiger partial charge in [-0.3, -0.25) is 4.90 Å². The first-order valence-corrected chi connectivity index (χ1v) is 8.24. The van der Waals surface area contributed by atoms with E-state index in [0.29, 0.717) is 13.1 Å². The second-order valence-corrected chi connectivity index (χ2v) is 6.74. The van der Waals surface area contributed by atoms with Gasteiger partial charge in [0.15, 0.2) is 0 Å². The van der Waals surface area contributed by atoms with E-state index >= 15 is 0 Å². The van der Waals surface area contributed by atoms with E-state index in [0.717, 1.165) is 19.5 Å². The molecule has 0 saturated carbocycles. The molecule has 0 aliphatic carbocycles. The summed E-state index contributed by atoms with van der Waals surface area (Å²) in [6.45, 7) is 7.10. The van der Waals surface area contributed by atoms with Gasteiger partial charge in [0.25, 0.3) is 0 Å². The SMILES string of the molecule is CCN(CC)C1CCN(S(=O)(=O)c2cnc(N)nc2)C1. The van der Waals surface area contributed by atoms with Gasteiger partial charge in [-0.1, -0.05) is 13.8 Å². The highest BCUT2D eigenvalue weighted by molar-refractivity contribution is 7.89. The summed E-state index contributed by atoms with van der Waals surface area (Å²) in [5.41, 5.74) is 5.38. The zero-order valence-corrected chi connectivity index (χ0v) is 12.7. The van der Waals surface area contributed by atoms with E-state index in [1.807, 2.05) is 0 Å². The van der Waals surface area contributed by atoms with Gasteiger partial charge in [0.1, 0.15) is 4.90 Å². The number of nitrogens with two attached hydrogens (primary N) is 1. The number of likely N-dealkylation sites (N-methyl/N-ethyl adjacent to an activating group) is 1. The Bertz CT molecular complexity index is 541. The molecule has 1 unspecified atom stereocenters. The molecule has 112 valence electrons. The van der Waals surface area contributed by atoms with Crippen LogP contribution in [0.25, 0.3) is 0 Å². The van der Waals surface area contributed by atoms with Crippen LogP contribution in [0, 0.1) is 0 Å². The van der Waals surface area contributed by atoms with Crippen LogP contribution < -0.4 is 5.73 Å². The van der Waals surface area contributed by atoms with Gasteiger partial charge in [-0.05, 0) is 19.5 Å². The van der Waals surface area contributed by atoms with Crippen molar-refractivity contribution in [3.05, 3.63) is 12.4 Å². The predicted octanol–water partition coefficient (Wildman–Crippen LogP) is 0.164. The lowest BCUT2D eigenvalue weighted by atomic mass is 10.2. The van der Waals surface area contributed by atoms with Crippen LogP contribution >= 0.6 is 0 Å². The van der Waals surface area contributed by atoms with Gasteiger partial charge in [0.05, 0.1) is 12.4 Å². The maximum atomic E-state index is 12.5. The molecule has 2 heterocycles. The van der Waals surface area contributed by atoms with E-state index in [1.165, 1.54) is 16.7 Å². The number of hydrogen-bond donors (Lipinski definition) is 1. The molecule has 0 amide bonds. The molecule has 1 atom stereocenters. The summed E-state index contributed by atoms with van der Waals surface area (Å²) in [4.78, 5) is 9.90. The van der Waals surface area contributed by atoms with E-state index < -0.39 is 10.0 Å². The highest BCUT2D eigenvalue weighted by Gasteiger charge is 2.34. The molecule has 1 saturated heterocycles. The van der Waals surface area contributed by atoms with Crippen molar-refractivity contribution >= 4 is 16.0 Å². The van der Waals surface area contributed by atoms with Crippen LogP contribution in [0.5, 0.6) is 0 Å². The summed E-state index contributed by atoms with van der Waals surface area (Å²) in [6, 6.07) is 0.287. The van der Waals surface area contributed by atoms with Gasteiger partial charge in [0.2, 0.25) is 16.0 Å². The molecule has 20 heavy (non-hydrogen) atoms. The van der Waals surface area contributed by atoms with Crippen LogP contribution in [-0.4, -0.2) is 59.8 Å².